The molecule has 2 amide bonds. The Morgan fingerprint density at radius 1 is 1.47 bits per heavy atom. The number of piperidine rings is 1. The molecule has 19 heavy (non-hydrogen) atoms. The van der Waals surface area contributed by atoms with Crippen LogP contribution in [-0.2, 0) is 4.79 Å². The lowest BCUT2D eigenvalue weighted by molar-refractivity contribution is -0.144. The number of hydrogen-bond acceptors (Lipinski definition) is 3. The number of carboxylic acids is 1. The van der Waals surface area contributed by atoms with E-state index < -0.39 is 11.5 Å². The third-order valence-electron chi connectivity index (χ3n) is 3.67. The second kappa shape index (κ2) is 6.75. The molecule has 1 fully saturated rings. The van der Waals surface area contributed by atoms with Crippen molar-refractivity contribution in [3.63, 3.8) is 0 Å². The monoisotopic (exact) mass is 272 g/mol. The number of likely N-dealkylation sites (tertiary alicyclic amines) is 1. The summed E-state index contributed by atoms with van der Waals surface area (Å²) in [7, 11) is 0. The molecular formula is C13H24N2O4. The van der Waals surface area contributed by atoms with E-state index >= 15 is 0 Å². The maximum Gasteiger partial charge on any atom is 0.329 e. The Morgan fingerprint density at radius 2 is 2.16 bits per heavy atom. The smallest absolute Gasteiger partial charge is 0.329 e. The van der Waals surface area contributed by atoms with E-state index in [0.29, 0.717) is 25.9 Å². The minimum Gasteiger partial charge on any atom is -0.480 e. The van der Waals surface area contributed by atoms with E-state index in [0.717, 1.165) is 12.8 Å². The van der Waals surface area contributed by atoms with Gasteiger partial charge in [0.25, 0.3) is 0 Å². The van der Waals surface area contributed by atoms with Gasteiger partial charge in [-0.1, -0.05) is 13.3 Å². The molecule has 0 aromatic heterocycles. The van der Waals surface area contributed by atoms with Crippen LogP contribution < -0.4 is 5.32 Å². The molecule has 110 valence electrons. The van der Waals surface area contributed by atoms with Crippen molar-refractivity contribution in [2.24, 2.45) is 5.92 Å². The number of urea groups is 1. The van der Waals surface area contributed by atoms with Crippen LogP contribution in [0.4, 0.5) is 4.79 Å². The number of hydrogen-bond donors (Lipinski definition) is 3. The SMILES string of the molecule is CCCC(C)(NC(=O)N1CCCC(CO)C1)C(=O)O. The molecule has 0 aliphatic carbocycles. The number of rotatable bonds is 5. The van der Waals surface area contributed by atoms with E-state index in [-0.39, 0.29) is 18.6 Å². The fraction of sp³-hybridized carbons (Fsp3) is 0.846. The molecule has 0 bridgehead atoms. The topological polar surface area (TPSA) is 89.9 Å². The number of aliphatic hydroxyl groups is 1. The average Bonchev–Trinajstić information content (AvgIpc) is 2.38. The molecule has 1 heterocycles. The molecule has 1 aliphatic rings. The fourth-order valence-electron chi connectivity index (χ4n) is 2.44. The molecule has 0 saturated carbocycles. The number of carboxylic acid groups (broad SMARTS) is 1. The van der Waals surface area contributed by atoms with Crippen molar-refractivity contribution >= 4 is 12.0 Å². The summed E-state index contributed by atoms with van der Waals surface area (Å²) < 4.78 is 0. The zero-order chi connectivity index (χ0) is 14.5. The highest BCUT2D eigenvalue weighted by molar-refractivity contribution is 5.85. The Hall–Kier alpha value is -1.30. The third kappa shape index (κ3) is 4.09. The number of aliphatic hydroxyl groups excluding tert-OH is 1. The van der Waals surface area contributed by atoms with Crippen LogP contribution in [0.5, 0.6) is 0 Å². The molecule has 1 saturated heterocycles. The molecule has 2 unspecified atom stereocenters. The first-order valence-corrected chi connectivity index (χ1v) is 6.84. The van der Waals surface area contributed by atoms with Crippen molar-refractivity contribution < 1.29 is 19.8 Å². The number of nitrogens with zero attached hydrogens (tertiary/aromatic N) is 1. The molecule has 1 rings (SSSR count). The Bertz CT molecular complexity index is 335. The van der Waals surface area contributed by atoms with E-state index in [9.17, 15) is 14.7 Å². The lowest BCUT2D eigenvalue weighted by Gasteiger charge is -2.35. The quantitative estimate of drug-likeness (QED) is 0.697. The summed E-state index contributed by atoms with van der Waals surface area (Å²) in [5.41, 5.74) is -1.22. The molecule has 0 spiro atoms. The van der Waals surface area contributed by atoms with Gasteiger partial charge in [-0.25, -0.2) is 9.59 Å². The zero-order valence-electron chi connectivity index (χ0n) is 11.7. The van der Waals surface area contributed by atoms with Crippen LogP contribution in [0.25, 0.3) is 0 Å². The van der Waals surface area contributed by atoms with Gasteiger partial charge in [-0.3, -0.25) is 0 Å². The van der Waals surface area contributed by atoms with Gasteiger partial charge in [0.15, 0.2) is 0 Å². The van der Waals surface area contributed by atoms with Gasteiger partial charge in [0.1, 0.15) is 5.54 Å². The molecule has 0 aromatic carbocycles. The predicted molar refractivity (Wildman–Crippen MR) is 70.9 cm³/mol. The summed E-state index contributed by atoms with van der Waals surface area (Å²) in [6.45, 7) is 4.59. The normalized spacial score (nSPS) is 22.7. The van der Waals surface area contributed by atoms with Gasteiger partial charge in [-0.05, 0) is 32.1 Å². The van der Waals surface area contributed by atoms with Crippen molar-refractivity contribution in [1.29, 1.82) is 0 Å². The summed E-state index contributed by atoms with van der Waals surface area (Å²) in [4.78, 5) is 25.0. The van der Waals surface area contributed by atoms with Crippen LogP contribution in [0.2, 0.25) is 0 Å². The van der Waals surface area contributed by atoms with E-state index in [4.69, 9.17) is 5.11 Å². The lowest BCUT2D eigenvalue weighted by atomic mass is 9.96. The van der Waals surface area contributed by atoms with Crippen molar-refractivity contribution in [2.45, 2.75) is 45.1 Å². The molecule has 6 heteroatoms. The Morgan fingerprint density at radius 3 is 2.68 bits per heavy atom. The number of aliphatic carboxylic acids is 1. The summed E-state index contributed by atoms with van der Waals surface area (Å²) in [5.74, 6) is -0.917. The summed E-state index contributed by atoms with van der Waals surface area (Å²) in [5, 5.41) is 21.0. The zero-order valence-corrected chi connectivity index (χ0v) is 11.7. The van der Waals surface area contributed by atoms with Crippen molar-refractivity contribution in [2.75, 3.05) is 19.7 Å². The van der Waals surface area contributed by atoms with Gasteiger partial charge in [0.05, 0.1) is 0 Å². The maximum atomic E-state index is 12.1. The largest absolute Gasteiger partial charge is 0.480 e. The second-order valence-electron chi connectivity index (χ2n) is 5.45. The Labute approximate surface area is 113 Å². The van der Waals surface area contributed by atoms with Crippen LogP contribution in [0.3, 0.4) is 0 Å². The third-order valence-corrected chi connectivity index (χ3v) is 3.67. The number of carbonyl (C=O) groups excluding carboxylic acids is 1. The second-order valence-corrected chi connectivity index (χ2v) is 5.45. The van der Waals surface area contributed by atoms with E-state index in [1.807, 2.05) is 6.92 Å². The first-order chi connectivity index (χ1) is 8.92. The van der Waals surface area contributed by atoms with Crippen LogP contribution in [0.1, 0.15) is 39.5 Å². The number of nitrogens with one attached hydrogen (secondary N) is 1. The summed E-state index contributed by atoms with van der Waals surface area (Å²) in [6.07, 6.45) is 2.83. The minimum atomic E-state index is -1.22. The summed E-state index contributed by atoms with van der Waals surface area (Å²) in [6, 6.07) is -0.350. The van der Waals surface area contributed by atoms with Crippen molar-refractivity contribution in [3.05, 3.63) is 0 Å². The molecule has 2 atom stereocenters. The average molecular weight is 272 g/mol. The van der Waals surface area contributed by atoms with Crippen molar-refractivity contribution in [1.82, 2.24) is 10.2 Å². The molecule has 1 aliphatic heterocycles. The van der Waals surface area contributed by atoms with Gasteiger partial charge in [0, 0.05) is 19.7 Å². The molecule has 0 aromatic rings. The fourth-order valence-corrected chi connectivity index (χ4v) is 2.44. The van der Waals surface area contributed by atoms with Gasteiger partial charge >= 0.3 is 12.0 Å². The highest BCUT2D eigenvalue weighted by Crippen LogP contribution is 2.18. The van der Waals surface area contributed by atoms with Gasteiger partial charge in [0.2, 0.25) is 0 Å². The molecule has 0 radical (unpaired) electrons. The van der Waals surface area contributed by atoms with Crippen LogP contribution in [0, 0.1) is 5.92 Å². The van der Waals surface area contributed by atoms with Gasteiger partial charge in [-0.2, -0.15) is 0 Å². The Kier molecular flexibility index (Phi) is 5.60. The van der Waals surface area contributed by atoms with Gasteiger partial charge < -0.3 is 20.4 Å². The van der Waals surface area contributed by atoms with Crippen LogP contribution in [-0.4, -0.2) is 52.3 Å². The Balaban J connectivity index is 2.64. The highest BCUT2D eigenvalue weighted by Gasteiger charge is 2.36. The minimum absolute atomic E-state index is 0.0644. The van der Waals surface area contributed by atoms with E-state index in [2.05, 4.69) is 5.32 Å². The number of carbonyl (C=O) groups is 2. The van der Waals surface area contributed by atoms with E-state index in [1.165, 1.54) is 6.92 Å². The first kappa shape index (κ1) is 15.8. The predicted octanol–water partition coefficient (Wildman–Crippen LogP) is 1.04. The first-order valence-electron chi connectivity index (χ1n) is 6.84. The summed E-state index contributed by atoms with van der Waals surface area (Å²) >= 11 is 0. The van der Waals surface area contributed by atoms with E-state index in [1.54, 1.807) is 4.90 Å². The van der Waals surface area contributed by atoms with Crippen LogP contribution in [0.15, 0.2) is 0 Å². The molecular weight excluding hydrogens is 248 g/mol. The number of amides is 2. The molecule has 6 nitrogen and oxygen atoms in total. The maximum absolute atomic E-state index is 12.1. The molecule has 3 N–H and O–H groups in total. The standard InChI is InChI=1S/C13H24N2O4/c1-3-6-13(2,11(17)18)14-12(19)15-7-4-5-10(8-15)9-16/h10,16H,3-9H2,1-2H3,(H,14,19)(H,17,18). The highest BCUT2D eigenvalue weighted by atomic mass is 16.4. The van der Waals surface area contributed by atoms with Crippen molar-refractivity contribution in [3.8, 4) is 0 Å². The lowest BCUT2D eigenvalue weighted by Crippen LogP contribution is -2.57. The van der Waals surface area contributed by atoms with Gasteiger partial charge in [-0.15, -0.1) is 0 Å². The van der Waals surface area contributed by atoms with Crippen LogP contribution >= 0.6 is 0 Å².